The number of anilines is 1. The van der Waals surface area contributed by atoms with E-state index in [1.165, 1.54) is 16.9 Å². The smallest absolute Gasteiger partial charge is 0.262 e. The zero-order chi connectivity index (χ0) is 15.5. The number of carbonyl (C=O) groups excluding carboxylic acids is 1. The number of nitrogens with zero attached hydrogens (tertiary/aromatic N) is 2. The molecule has 2 N–H and O–H groups in total. The van der Waals surface area contributed by atoms with Crippen LogP contribution < -0.4 is 10.7 Å². The molecule has 6 heteroatoms. The molecule has 0 unspecified atom stereocenters. The third kappa shape index (κ3) is 3.33. The topological polar surface area (TPSA) is 66.4 Å². The molecule has 114 valence electrons. The number of rotatable bonds is 4. The van der Waals surface area contributed by atoms with Gasteiger partial charge < -0.3 is 5.32 Å². The van der Waals surface area contributed by atoms with Gasteiger partial charge in [0.05, 0.1) is 15.9 Å². The fourth-order valence-electron chi connectivity index (χ4n) is 2.25. The highest BCUT2D eigenvalue weighted by Crippen LogP contribution is 2.25. The summed E-state index contributed by atoms with van der Waals surface area (Å²) >= 11 is 1.54. The molecule has 0 saturated carbocycles. The zero-order valence-corrected chi connectivity index (χ0v) is 13.4. The van der Waals surface area contributed by atoms with Gasteiger partial charge in [-0.2, -0.15) is 5.10 Å². The SMILES string of the molecule is CC1=C/C(=N/NC(=O)[C@H](C)Nc2nc3ccccc3s2)CC1. The van der Waals surface area contributed by atoms with Crippen molar-refractivity contribution < 1.29 is 4.79 Å². The molecule has 0 spiro atoms. The summed E-state index contributed by atoms with van der Waals surface area (Å²) in [4.78, 5) is 16.5. The van der Waals surface area contributed by atoms with Gasteiger partial charge in [-0.15, -0.1) is 0 Å². The third-order valence-corrected chi connectivity index (χ3v) is 4.49. The highest BCUT2D eigenvalue weighted by atomic mass is 32.1. The van der Waals surface area contributed by atoms with Gasteiger partial charge in [-0.3, -0.25) is 4.79 Å². The number of thiazole rings is 1. The minimum Gasteiger partial charge on any atom is -0.350 e. The number of hydrazone groups is 1. The summed E-state index contributed by atoms with van der Waals surface area (Å²) < 4.78 is 1.10. The highest BCUT2D eigenvalue weighted by molar-refractivity contribution is 7.22. The Kier molecular flexibility index (Phi) is 4.20. The second-order valence-corrected chi connectivity index (χ2v) is 6.45. The number of hydrogen-bond donors (Lipinski definition) is 2. The number of aromatic nitrogens is 1. The Labute approximate surface area is 133 Å². The lowest BCUT2D eigenvalue weighted by atomic mass is 10.3. The molecule has 1 aromatic heterocycles. The molecule has 2 aromatic rings. The predicted octanol–water partition coefficient (Wildman–Crippen LogP) is 3.31. The highest BCUT2D eigenvalue weighted by Gasteiger charge is 2.15. The average Bonchev–Trinajstić information content (AvgIpc) is 3.09. The molecule has 1 aliphatic rings. The van der Waals surface area contributed by atoms with E-state index in [1.54, 1.807) is 6.92 Å². The van der Waals surface area contributed by atoms with Crippen LogP contribution in [-0.4, -0.2) is 22.6 Å². The van der Waals surface area contributed by atoms with Crippen LogP contribution in [0.25, 0.3) is 10.2 Å². The maximum Gasteiger partial charge on any atom is 0.262 e. The largest absolute Gasteiger partial charge is 0.350 e. The van der Waals surface area contributed by atoms with Crippen LogP contribution in [0.2, 0.25) is 0 Å². The maximum atomic E-state index is 12.1. The molecule has 22 heavy (non-hydrogen) atoms. The molecule has 1 atom stereocenters. The summed E-state index contributed by atoms with van der Waals surface area (Å²) in [6.45, 7) is 3.87. The maximum absolute atomic E-state index is 12.1. The van der Waals surface area contributed by atoms with Gasteiger partial charge in [0.2, 0.25) is 0 Å². The summed E-state index contributed by atoms with van der Waals surface area (Å²) in [6, 6.07) is 7.52. The minimum absolute atomic E-state index is 0.162. The van der Waals surface area contributed by atoms with E-state index in [9.17, 15) is 4.79 Å². The molecule has 3 rings (SSSR count). The number of amides is 1. The van der Waals surface area contributed by atoms with Crippen LogP contribution >= 0.6 is 11.3 Å². The van der Waals surface area contributed by atoms with Gasteiger partial charge in [0.15, 0.2) is 5.13 Å². The average molecular weight is 314 g/mol. The molecule has 1 aliphatic carbocycles. The quantitative estimate of drug-likeness (QED) is 0.851. The van der Waals surface area contributed by atoms with Crippen molar-refractivity contribution in [1.29, 1.82) is 0 Å². The minimum atomic E-state index is -0.392. The van der Waals surface area contributed by atoms with Gasteiger partial charge in [0.25, 0.3) is 5.91 Å². The van der Waals surface area contributed by atoms with Gasteiger partial charge in [0, 0.05) is 0 Å². The Hall–Kier alpha value is -2.21. The number of nitrogens with one attached hydrogen (secondary N) is 2. The first-order valence-corrected chi connectivity index (χ1v) is 8.09. The molecule has 1 amide bonds. The summed E-state index contributed by atoms with van der Waals surface area (Å²) in [5.41, 5.74) is 5.79. The van der Waals surface area contributed by atoms with Crippen molar-refractivity contribution in [1.82, 2.24) is 10.4 Å². The van der Waals surface area contributed by atoms with Crippen LogP contribution in [0.1, 0.15) is 26.7 Å². The molecule has 1 heterocycles. The molecule has 1 aromatic carbocycles. The third-order valence-electron chi connectivity index (χ3n) is 3.53. The van der Waals surface area contributed by atoms with Crippen molar-refractivity contribution >= 4 is 38.3 Å². The Morgan fingerprint density at radius 1 is 1.36 bits per heavy atom. The lowest BCUT2D eigenvalue weighted by Gasteiger charge is -2.10. The fraction of sp³-hybridized carbons (Fsp3) is 0.312. The van der Waals surface area contributed by atoms with Gasteiger partial charge >= 0.3 is 0 Å². The first-order chi connectivity index (χ1) is 10.6. The van der Waals surface area contributed by atoms with Crippen molar-refractivity contribution in [3.63, 3.8) is 0 Å². The zero-order valence-electron chi connectivity index (χ0n) is 12.6. The van der Waals surface area contributed by atoms with Gasteiger partial charge in [0.1, 0.15) is 6.04 Å². The number of hydrogen-bond acceptors (Lipinski definition) is 5. The molecule has 5 nitrogen and oxygen atoms in total. The van der Waals surface area contributed by atoms with Crippen LogP contribution in [0.3, 0.4) is 0 Å². The normalized spacial score (nSPS) is 17.5. The predicted molar refractivity (Wildman–Crippen MR) is 91.3 cm³/mol. The summed E-state index contributed by atoms with van der Waals surface area (Å²) in [6.07, 6.45) is 3.94. The van der Waals surface area contributed by atoms with Crippen LogP contribution in [-0.2, 0) is 4.79 Å². The molecular formula is C16H18N4OS. The van der Waals surface area contributed by atoms with Crippen molar-refractivity contribution in [3.05, 3.63) is 35.9 Å². The molecule has 0 aliphatic heterocycles. The van der Waals surface area contributed by atoms with Gasteiger partial charge in [-0.1, -0.05) is 29.0 Å². The lowest BCUT2D eigenvalue weighted by molar-refractivity contribution is -0.121. The van der Waals surface area contributed by atoms with E-state index >= 15 is 0 Å². The number of allylic oxidation sites excluding steroid dienone is 2. The summed E-state index contributed by atoms with van der Waals surface area (Å²) in [5, 5.41) is 8.03. The van der Waals surface area contributed by atoms with E-state index < -0.39 is 6.04 Å². The van der Waals surface area contributed by atoms with Crippen LogP contribution in [0.15, 0.2) is 41.0 Å². The van der Waals surface area contributed by atoms with E-state index in [4.69, 9.17) is 0 Å². The molecule has 0 radical (unpaired) electrons. The van der Waals surface area contributed by atoms with E-state index in [1.807, 2.05) is 30.3 Å². The number of fused-ring (bicyclic) bond motifs is 1. The van der Waals surface area contributed by atoms with E-state index in [-0.39, 0.29) is 5.91 Å². The van der Waals surface area contributed by atoms with Crippen LogP contribution in [0.5, 0.6) is 0 Å². The first-order valence-electron chi connectivity index (χ1n) is 7.27. The Morgan fingerprint density at radius 2 is 2.18 bits per heavy atom. The van der Waals surface area contributed by atoms with Crippen molar-refractivity contribution in [2.75, 3.05) is 5.32 Å². The molecular weight excluding hydrogens is 296 g/mol. The summed E-state index contributed by atoms with van der Waals surface area (Å²) in [7, 11) is 0. The molecule has 0 fully saturated rings. The second-order valence-electron chi connectivity index (χ2n) is 5.42. The van der Waals surface area contributed by atoms with Gasteiger partial charge in [-0.25, -0.2) is 10.4 Å². The van der Waals surface area contributed by atoms with Gasteiger partial charge in [-0.05, 0) is 44.9 Å². The molecule has 0 saturated heterocycles. The van der Waals surface area contributed by atoms with E-state index in [2.05, 4.69) is 27.8 Å². The van der Waals surface area contributed by atoms with E-state index in [0.29, 0.717) is 0 Å². The number of para-hydroxylation sites is 1. The monoisotopic (exact) mass is 314 g/mol. The standard InChI is InChI=1S/C16H18N4OS/c1-10-7-8-12(9-10)19-20-15(21)11(2)17-16-18-13-5-3-4-6-14(13)22-16/h3-6,9,11H,7-8H2,1-2H3,(H,17,18)(H,20,21)/b19-12+/t11-/m0/s1. The molecule has 0 bridgehead atoms. The first kappa shape index (κ1) is 14.7. The van der Waals surface area contributed by atoms with Crippen molar-refractivity contribution in [2.24, 2.45) is 5.10 Å². The lowest BCUT2D eigenvalue weighted by Crippen LogP contribution is -2.35. The Morgan fingerprint density at radius 3 is 2.91 bits per heavy atom. The number of benzene rings is 1. The van der Waals surface area contributed by atoms with Crippen molar-refractivity contribution in [3.8, 4) is 0 Å². The Bertz CT molecular complexity index is 729. The fourth-order valence-corrected chi connectivity index (χ4v) is 3.20. The van der Waals surface area contributed by atoms with Crippen LogP contribution in [0, 0.1) is 0 Å². The summed E-state index contributed by atoms with van der Waals surface area (Å²) in [5.74, 6) is -0.162. The van der Waals surface area contributed by atoms with E-state index in [0.717, 1.165) is 33.9 Å². The second kappa shape index (κ2) is 6.27. The van der Waals surface area contributed by atoms with Crippen molar-refractivity contribution in [2.45, 2.75) is 32.7 Å². The Balaban J connectivity index is 1.61. The van der Waals surface area contributed by atoms with Crippen LogP contribution in [0.4, 0.5) is 5.13 Å². The number of carbonyl (C=O) groups is 1.